The molecule has 2 N–H and O–H groups in total. The van der Waals surface area contributed by atoms with Gasteiger partial charge in [0.05, 0.1) is 6.42 Å². The quantitative estimate of drug-likeness (QED) is 0.445. The molecular weight excluding hydrogens is 466 g/mol. The second-order valence-corrected chi connectivity index (χ2v) is 10.8. The zero-order chi connectivity index (χ0) is 26.4. The number of likely N-dealkylation sites (tertiary alicyclic amines) is 1. The summed E-state index contributed by atoms with van der Waals surface area (Å²) in [5, 5.41) is 9.56. The second-order valence-electron chi connectivity index (χ2n) is 10.8. The van der Waals surface area contributed by atoms with E-state index in [4.69, 9.17) is 4.52 Å². The lowest BCUT2D eigenvalue weighted by Gasteiger charge is -2.31. The van der Waals surface area contributed by atoms with Gasteiger partial charge >= 0.3 is 0 Å². The number of nitrogens with zero attached hydrogens (tertiary/aromatic N) is 3. The van der Waals surface area contributed by atoms with Gasteiger partial charge < -0.3 is 20.1 Å². The molecule has 1 aliphatic rings. The number of piperidine rings is 1. The topological polar surface area (TPSA) is 100 Å². The van der Waals surface area contributed by atoms with Crippen molar-refractivity contribution in [1.82, 2.24) is 15.0 Å². The lowest BCUT2D eigenvalue weighted by atomic mass is 9.91. The van der Waals surface area contributed by atoms with Crippen LogP contribution < -0.4 is 10.6 Å². The molecule has 0 atom stereocenters. The second kappa shape index (κ2) is 11.7. The molecule has 0 radical (unpaired) electrons. The van der Waals surface area contributed by atoms with Crippen LogP contribution in [0.4, 0.5) is 11.5 Å². The van der Waals surface area contributed by atoms with Crippen molar-refractivity contribution in [3.8, 4) is 0 Å². The molecule has 0 unspecified atom stereocenters. The van der Waals surface area contributed by atoms with Gasteiger partial charge in [0, 0.05) is 23.4 Å². The molecule has 3 heterocycles. The van der Waals surface area contributed by atoms with Crippen LogP contribution in [-0.2, 0) is 23.1 Å². The highest BCUT2D eigenvalue weighted by Gasteiger charge is 2.21. The van der Waals surface area contributed by atoms with Gasteiger partial charge in [-0.15, -0.1) is 0 Å². The minimum atomic E-state index is -0.256. The first-order valence-corrected chi connectivity index (χ1v) is 13.0. The van der Waals surface area contributed by atoms with Crippen LogP contribution in [-0.4, -0.2) is 46.5 Å². The molecule has 8 nitrogen and oxygen atoms in total. The van der Waals surface area contributed by atoms with E-state index in [1.807, 2.05) is 45.2 Å². The summed E-state index contributed by atoms with van der Waals surface area (Å²) in [6.45, 7) is 11.7. The summed E-state index contributed by atoms with van der Waals surface area (Å²) in [5.74, 6) is 1.35. The average molecular weight is 504 g/mol. The highest BCUT2D eigenvalue weighted by Crippen LogP contribution is 2.25. The predicted molar refractivity (Wildman–Crippen MR) is 145 cm³/mol. The number of benzene rings is 1. The minimum Gasteiger partial charge on any atom is -0.359 e. The molecule has 37 heavy (non-hydrogen) atoms. The van der Waals surface area contributed by atoms with E-state index in [0.29, 0.717) is 28.9 Å². The maximum atomic E-state index is 12.7. The van der Waals surface area contributed by atoms with E-state index >= 15 is 0 Å². The largest absolute Gasteiger partial charge is 0.359 e. The Labute approximate surface area is 218 Å². The molecule has 3 aromatic rings. The van der Waals surface area contributed by atoms with Crippen LogP contribution in [0.1, 0.15) is 67.9 Å². The van der Waals surface area contributed by atoms with Crippen LogP contribution in [0, 0.1) is 5.92 Å². The predicted octanol–water partition coefficient (Wildman–Crippen LogP) is 5.08. The summed E-state index contributed by atoms with van der Waals surface area (Å²) in [7, 11) is 0. The zero-order valence-electron chi connectivity index (χ0n) is 22.2. The summed E-state index contributed by atoms with van der Waals surface area (Å²) in [6, 6.07) is 12.7. The van der Waals surface area contributed by atoms with Gasteiger partial charge in [-0.05, 0) is 74.1 Å². The van der Waals surface area contributed by atoms with E-state index in [-0.39, 0.29) is 23.7 Å². The zero-order valence-corrected chi connectivity index (χ0v) is 22.2. The van der Waals surface area contributed by atoms with Gasteiger partial charge in [-0.25, -0.2) is 0 Å². The fourth-order valence-electron chi connectivity index (χ4n) is 4.48. The lowest BCUT2D eigenvalue weighted by molar-refractivity contribution is -0.115. The van der Waals surface area contributed by atoms with E-state index in [1.165, 1.54) is 31.5 Å². The van der Waals surface area contributed by atoms with Gasteiger partial charge in [-0.2, -0.15) is 0 Å². The number of hydrogen-bond acceptors (Lipinski definition) is 6. The smallest absolute Gasteiger partial charge is 0.274 e. The lowest BCUT2D eigenvalue weighted by Crippen LogP contribution is -2.34. The molecule has 1 aromatic carbocycles. The van der Waals surface area contributed by atoms with Crippen molar-refractivity contribution in [3.63, 3.8) is 0 Å². The maximum Gasteiger partial charge on any atom is 0.274 e. The van der Waals surface area contributed by atoms with E-state index in [2.05, 4.69) is 32.6 Å². The number of hydrogen-bond donors (Lipinski definition) is 2. The first-order valence-electron chi connectivity index (χ1n) is 13.0. The Morgan fingerprint density at radius 3 is 2.32 bits per heavy atom. The SMILES string of the molecule is CCN1CCC(Cc2ccc(C(=O)Nc3ccc(CC(=O)Nc4cc(C(C)(C)C)on4)cc3)nc2)CC1. The Hall–Kier alpha value is -3.52. The molecule has 0 bridgehead atoms. The van der Waals surface area contributed by atoms with Crippen LogP contribution in [0.15, 0.2) is 53.2 Å². The standard InChI is InChI=1S/C29H37N5O3/c1-5-34-14-12-21(13-15-34)16-22-8-11-24(30-19-22)28(36)31-23-9-6-20(7-10-23)17-27(35)32-26-18-25(37-33-26)29(2,3)4/h6-11,18-19,21H,5,12-17H2,1-4H3,(H,31,36)(H,32,33,35). The van der Waals surface area contributed by atoms with Gasteiger partial charge in [0.1, 0.15) is 11.5 Å². The van der Waals surface area contributed by atoms with Crippen molar-refractivity contribution >= 4 is 23.3 Å². The third kappa shape index (κ3) is 7.49. The summed E-state index contributed by atoms with van der Waals surface area (Å²) in [6.07, 6.45) is 5.45. The van der Waals surface area contributed by atoms with Crippen LogP contribution in [0.3, 0.4) is 0 Å². The fraction of sp³-hybridized carbons (Fsp3) is 0.448. The third-order valence-corrected chi connectivity index (χ3v) is 6.83. The number of carbonyl (C=O) groups excluding carboxylic acids is 2. The molecule has 1 aliphatic heterocycles. The number of aromatic nitrogens is 2. The number of rotatable bonds is 8. The van der Waals surface area contributed by atoms with Crippen molar-refractivity contribution in [1.29, 1.82) is 0 Å². The number of carbonyl (C=O) groups is 2. The van der Waals surface area contributed by atoms with Crippen molar-refractivity contribution in [3.05, 3.63) is 71.2 Å². The van der Waals surface area contributed by atoms with Crippen molar-refractivity contribution in [2.45, 2.75) is 58.8 Å². The summed E-state index contributed by atoms with van der Waals surface area (Å²) in [4.78, 5) is 31.9. The highest BCUT2D eigenvalue weighted by atomic mass is 16.5. The normalized spacial score (nSPS) is 14.9. The van der Waals surface area contributed by atoms with Crippen LogP contribution >= 0.6 is 0 Å². The molecular formula is C29H37N5O3. The van der Waals surface area contributed by atoms with E-state index in [0.717, 1.165) is 18.5 Å². The summed E-state index contributed by atoms with van der Waals surface area (Å²) < 4.78 is 5.31. The number of anilines is 2. The Balaban J connectivity index is 1.25. The van der Waals surface area contributed by atoms with Crippen molar-refractivity contribution in [2.24, 2.45) is 5.92 Å². The van der Waals surface area contributed by atoms with Gasteiger partial charge in [-0.3, -0.25) is 14.6 Å². The van der Waals surface area contributed by atoms with Gasteiger partial charge in [0.25, 0.3) is 5.91 Å². The summed E-state index contributed by atoms with van der Waals surface area (Å²) in [5.41, 5.74) is 2.85. The molecule has 1 saturated heterocycles. The number of pyridine rings is 1. The summed E-state index contributed by atoms with van der Waals surface area (Å²) >= 11 is 0. The van der Waals surface area contributed by atoms with Crippen molar-refractivity contribution in [2.75, 3.05) is 30.3 Å². The third-order valence-electron chi connectivity index (χ3n) is 6.83. The molecule has 1 fully saturated rings. The number of nitrogens with one attached hydrogen (secondary N) is 2. The Kier molecular flexibility index (Phi) is 8.38. The first-order chi connectivity index (χ1) is 17.7. The van der Waals surface area contributed by atoms with Crippen LogP contribution in [0.25, 0.3) is 0 Å². The molecule has 2 amide bonds. The maximum absolute atomic E-state index is 12.7. The Bertz CT molecular complexity index is 1190. The highest BCUT2D eigenvalue weighted by molar-refractivity contribution is 6.02. The molecule has 0 saturated carbocycles. The molecule has 2 aromatic heterocycles. The fourth-order valence-corrected chi connectivity index (χ4v) is 4.48. The van der Waals surface area contributed by atoms with E-state index in [9.17, 15) is 9.59 Å². The Morgan fingerprint density at radius 2 is 1.73 bits per heavy atom. The molecule has 4 rings (SSSR count). The van der Waals surface area contributed by atoms with Gasteiger partial charge in [-0.1, -0.05) is 51.1 Å². The van der Waals surface area contributed by atoms with Gasteiger partial charge in [0.15, 0.2) is 5.82 Å². The van der Waals surface area contributed by atoms with Crippen LogP contribution in [0.2, 0.25) is 0 Å². The molecule has 196 valence electrons. The molecule has 0 spiro atoms. The molecule has 0 aliphatic carbocycles. The molecule has 8 heteroatoms. The number of amides is 2. The van der Waals surface area contributed by atoms with Crippen LogP contribution in [0.5, 0.6) is 0 Å². The van der Waals surface area contributed by atoms with Crippen molar-refractivity contribution < 1.29 is 14.1 Å². The van der Waals surface area contributed by atoms with E-state index < -0.39 is 0 Å². The van der Waals surface area contributed by atoms with E-state index in [1.54, 1.807) is 24.3 Å². The first kappa shape index (κ1) is 26.5. The minimum absolute atomic E-state index is 0.181. The average Bonchev–Trinajstić information content (AvgIpc) is 3.35. The Morgan fingerprint density at radius 1 is 1.03 bits per heavy atom. The van der Waals surface area contributed by atoms with Gasteiger partial charge in [0.2, 0.25) is 5.91 Å². The monoisotopic (exact) mass is 503 g/mol.